The number of nitrogens with zero attached hydrogens (tertiary/aromatic N) is 3. The van der Waals surface area contributed by atoms with Crippen molar-refractivity contribution in [3.05, 3.63) is 66.5 Å². The molecule has 23 heavy (non-hydrogen) atoms. The first-order valence-electron chi connectivity index (χ1n) is 6.95. The van der Waals surface area contributed by atoms with Crippen molar-refractivity contribution in [2.45, 2.75) is 6.18 Å². The predicted octanol–water partition coefficient (Wildman–Crippen LogP) is 4.59. The zero-order valence-corrected chi connectivity index (χ0v) is 11.7. The standard InChI is InChI=1S/C17H10F3N3/c18-17(19,20)16-13-10-21-14-9-5-4-8-12(14)15(13)22-23(16)11-6-2-1-3-7-11/h1-10H. The zero-order valence-electron chi connectivity index (χ0n) is 11.7. The van der Waals surface area contributed by atoms with Gasteiger partial charge in [0.15, 0.2) is 5.69 Å². The highest BCUT2D eigenvalue weighted by Crippen LogP contribution is 2.37. The number of halogens is 3. The second-order valence-corrected chi connectivity index (χ2v) is 5.13. The minimum Gasteiger partial charge on any atom is -0.255 e. The third-order valence-corrected chi connectivity index (χ3v) is 3.68. The minimum absolute atomic E-state index is 0.0000491. The lowest BCUT2D eigenvalue weighted by Crippen LogP contribution is -2.13. The molecule has 6 heteroatoms. The Hall–Kier alpha value is -2.89. The molecule has 0 bridgehead atoms. The van der Waals surface area contributed by atoms with Crippen LogP contribution in [0.25, 0.3) is 27.5 Å². The van der Waals surface area contributed by atoms with E-state index in [0.29, 0.717) is 22.1 Å². The van der Waals surface area contributed by atoms with E-state index in [1.54, 1.807) is 54.6 Å². The summed E-state index contributed by atoms with van der Waals surface area (Å²) in [5, 5.41) is 4.84. The van der Waals surface area contributed by atoms with Crippen molar-refractivity contribution in [1.82, 2.24) is 14.8 Å². The van der Waals surface area contributed by atoms with E-state index in [-0.39, 0.29) is 5.39 Å². The molecular weight excluding hydrogens is 303 g/mol. The van der Waals surface area contributed by atoms with Crippen molar-refractivity contribution in [3.63, 3.8) is 0 Å². The Morgan fingerprint density at radius 1 is 0.826 bits per heavy atom. The Morgan fingerprint density at radius 3 is 2.26 bits per heavy atom. The van der Waals surface area contributed by atoms with Gasteiger partial charge in [-0.25, -0.2) is 4.68 Å². The highest BCUT2D eigenvalue weighted by molar-refractivity contribution is 6.04. The van der Waals surface area contributed by atoms with Gasteiger partial charge in [0, 0.05) is 11.6 Å². The molecular formula is C17H10F3N3. The zero-order chi connectivity index (χ0) is 16.0. The van der Waals surface area contributed by atoms with E-state index in [1.807, 2.05) is 0 Å². The number of benzene rings is 2. The van der Waals surface area contributed by atoms with Gasteiger partial charge in [-0.2, -0.15) is 18.3 Å². The van der Waals surface area contributed by atoms with E-state index in [4.69, 9.17) is 0 Å². The average Bonchev–Trinajstić information content (AvgIpc) is 2.96. The summed E-state index contributed by atoms with van der Waals surface area (Å²) in [4.78, 5) is 4.14. The molecule has 0 atom stereocenters. The van der Waals surface area contributed by atoms with E-state index in [0.717, 1.165) is 4.68 Å². The maximum absolute atomic E-state index is 13.6. The molecule has 4 rings (SSSR count). The Kier molecular flexibility index (Phi) is 2.87. The van der Waals surface area contributed by atoms with Crippen LogP contribution >= 0.6 is 0 Å². The Bertz CT molecular complexity index is 1000. The van der Waals surface area contributed by atoms with Gasteiger partial charge in [0.25, 0.3) is 0 Å². The lowest BCUT2D eigenvalue weighted by molar-refractivity contribution is -0.141. The number of fused-ring (bicyclic) bond motifs is 3. The fourth-order valence-electron chi connectivity index (χ4n) is 2.70. The van der Waals surface area contributed by atoms with E-state index in [1.165, 1.54) is 6.20 Å². The number of para-hydroxylation sites is 2. The first-order chi connectivity index (χ1) is 11.1. The van der Waals surface area contributed by atoms with Crippen LogP contribution in [0.4, 0.5) is 13.2 Å². The van der Waals surface area contributed by atoms with Crippen LogP contribution in [-0.2, 0) is 6.18 Å². The maximum atomic E-state index is 13.6. The summed E-state index contributed by atoms with van der Waals surface area (Å²) in [6.07, 6.45) is -3.29. The Morgan fingerprint density at radius 2 is 1.52 bits per heavy atom. The Labute approximate surface area is 129 Å². The molecule has 0 aliphatic carbocycles. The fourth-order valence-corrected chi connectivity index (χ4v) is 2.70. The third-order valence-electron chi connectivity index (χ3n) is 3.68. The van der Waals surface area contributed by atoms with E-state index < -0.39 is 11.9 Å². The topological polar surface area (TPSA) is 30.7 Å². The number of pyridine rings is 1. The highest BCUT2D eigenvalue weighted by atomic mass is 19.4. The molecule has 2 heterocycles. The van der Waals surface area contributed by atoms with Crippen LogP contribution in [0.2, 0.25) is 0 Å². The molecule has 0 saturated carbocycles. The van der Waals surface area contributed by atoms with Gasteiger partial charge in [0.1, 0.15) is 5.52 Å². The molecule has 0 radical (unpaired) electrons. The lowest BCUT2D eigenvalue weighted by Gasteiger charge is -2.10. The van der Waals surface area contributed by atoms with Crippen molar-refractivity contribution in [3.8, 4) is 5.69 Å². The third kappa shape index (κ3) is 2.14. The van der Waals surface area contributed by atoms with E-state index in [2.05, 4.69) is 10.1 Å². The van der Waals surface area contributed by atoms with Gasteiger partial charge >= 0.3 is 6.18 Å². The van der Waals surface area contributed by atoms with E-state index in [9.17, 15) is 13.2 Å². The van der Waals surface area contributed by atoms with Gasteiger partial charge in [-0.3, -0.25) is 4.98 Å². The first kappa shape index (κ1) is 13.8. The first-order valence-corrected chi connectivity index (χ1v) is 6.95. The quantitative estimate of drug-likeness (QED) is 0.514. The number of hydrogen-bond acceptors (Lipinski definition) is 2. The molecule has 2 aromatic carbocycles. The summed E-state index contributed by atoms with van der Waals surface area (Å²) >= 11 is 0. The summed E-state index contributed by atoms with van der Waals surface area (Å²) in [5.41, 5.74) is 0.468. The maximum Gasteiger partial charge on any atom is 0.434 e. The lowest BCUT2D eigenvalue weighted by atomic mass is 10.1. The molecule has 0 fully saturated rings. The number of aromatic nitrogens is 3. The summed E-state index contributed by atoms with van der Waals surface area (Å²) in [6.45, 7) is 0. The van der Waals surface area contributed by atoms with Gasteiger partial charge in [-0.15, -0.1) is 0 Å². The van der Waals surface area contributed by atoms with Gasteiger partial charge in [0.2, 0.25) is 0 Å². The normalized spacial score (nSPS) is 12.1. The summed E-state index contributed by atoms with van der Waals surface area (Å²) in [7, 11) is 0. The smallest absolute Gasteiger partial charge is 0.255 e. The van der Waals surface area contributed by atoms with Crippen LogP contribution in [0.1, 0.15) is 5.69 Å². The van der Waals surface area contributed by atoms with Crippen molar-refractivity contribution in [2.24, 2.45) is 0 Å². The molecule has 2 aromatic heterocycles. The van der Waals surface area contributed by atoms with Crippen LogP contribution in [0.15, 0.2) is 60.8 Å². The van der Waals surface area contributed by atoms with Crippen molar-refractivity contribution in [2.75, 3.05) is 0 Å². The number of hydrogen-bond donors (Lipinski definition) is 0. The minimum atomic E-state index is -4.53. The van der Waals surface area contributed by atoms with Crippen molar-refractivity contribution in [1.29, 1.82) is 0 Å². The second-order valence-electron chi connectivity index (χ2n) is 5.13. The summed E-state index contributed by atoms with van der Waals surface area (Å²) in [6, 6.07) is 15.3. The Balaban J connectivity index is 2.15. The number of rotatable bonds is 1. The molecule has 114 valence electrons. The van der Waals surface area contributed by atoms with Gasteiger partial charge < -0.3 is 0 Å². The average molecular weight is 313 g/mol. The van der Waals surface area contributed by atoms with Crippen molar-refractivity contribution < 1.29 is 13.2 Å². The van der Waals surface area contributed by atoms with Crippen molar-refractivity contribution >= 4 is 21.8 Å². The largest absolute Gasteiger partial charge is 0.434 e. The molecule has 0 aliphatic rings. The second kappa shape index (κ2) is 4.81. The van der Waals surface area contributed by atoms with Crippen LogP contribution in [-0.4, -0.2) is 14.8 Å². The molecule has 0 N–H and O–H groups in total. The molecule has 0 aliphatic heterocycles. The van der Waals surface area contributed by atoms with Gasteiger partial charge in [0.05, 0.1) is 16.6 Å². The predicted molar refractivity (Wildman–Crippen MR) is 81.4 cm³/mol. The van der Waals surface area contributed by atoms with Gasteiger partial charge in [-0.05, 0) is 18.2 Å². The summed E-state index contributed by atoms with van der Waals surface area (Å²) < 4.78 is 41.8. The van der Waals surface area contributed by atoms with Crippen LogP contribution < -0.4 is 0 Å². The molecule has 0 spiro atoms. The molecule has 0 amide bonds. The number of alkyl halides is 3. The SMILES string of the molecule is FC(F)(F)c1c2cnc3ccccc3c2nn1-c1ccccc1. The van der Waals surface area contributed by atoms with Crippen LogP contribution in [0.5, 0.6) is 0 Å². The highest BCUT2D eigenvalue weighted by Gasteiger charge is 2.38. The monoisotopic (exact) mass is 313 g/mol. The molecule has 3 nitrogen and oxygen atoms in total. The van der Waals surface area contributed by atoms with Crippen LogP contribution in [0.3, 0.4) is 0 Å². The summed E-state index contributed by atoms with van der Waals surface area (Å²) in [5.74, 6) is 0. The fraction of sp³-hybridized carbons (Fsp3) is 0.0588. The van der Waals surface area contributed by atoms with E-state index >= 15 is 0 Å². The molecule has 0 saturated heterocycles. The van der Waals surface area contributed by atoms with Crippen LogP contribution in [0, 0.1) is 0 Å². The molecule has 4 aromatic rings. The van der Waals surface area contributed by atoms with Gasteiger partial charge in [-0.1, -0.05) is 36.4 Å². The molecule has 0 unspecified atom stereocenters.